The molecule has 0 bridgehead atoms. The zero-order valence-electron chi connectivity index (χ0n) is 39.5. The van der Waals surface area contributed by atoms with Crippen LogP contribution in [0.25, 0.3) is 0 Å². The molecule has 0 unspecified atom stereocenters. The molecule has 3 aliphatic heterocycles. The summed E-state index contributed by atoms with van der Waals surface area (Å²) in [6.07, 6.45) is -15.9. The molecule has 3 heterocycles. The summed E-state index contributed by atoms with van der Waals surface area (Å²) in [7, 11) is 0. The smallest absolute Gasteiger partial charge is 0.335 e. The van der Waals surface area contributed by atoms with Crippen LogP contribution in [0.15, 0.2) is 11.6 Å². The second-order valence-corrected chi connectivity index (χ2v) is 23.8. The average molecular weight is 927 g/mol. The number of ether oxygens (including phenoxy) is 6. The van der Waals surface area contributed by atoms with E-state index in [2.05, 4.69) is 61.5 Å². The Hall–Kier alpha value is -1.39. The summed E-state index contributed by atoms with van der Waals surface area (Å²) in [6.45, 7) is 19.3. The second kappa shape index (κ2) is 17.2. The molecular weight excluding hydrogens is 849 g/mol. The van der Waals surface area contributed by atoms with Crippen molar-refractivity contribution in [3.63, 3.8) is 0 Å². The molecule has 0 radical (unpaired) electrons. The van der Waals surface area contributed by atoms with Gasteiger partial charge in [0.15, 0.2) is 25.0 Å². The maximum atomic E-state index is 12.5. The fraction of sp³-hybridized carbons (Fsp3) is 0.938. The SMILES string of the molecule is C[C@@H]1O[C@@H](O[C@H]2[C@H](O[C@H]3[C@H](O[C@H]4CC[C@]5(C)[C@H]6CC=C7[C@H]8CC(C)(C)C[C@@H](O)[C@]8(C)CC[C@@]7(C)[C@]6(C)CC[C@H]5C4(C)C)O[C@H](C(=O)O)[C@@H](O)[C@@H]3O)O[C@H](CO)[C@H](O)[C@@H]2O)[C@H](O)[C@H](O)[C@H]1O. The van der Waals surface area contributed by atoms with Crippen LogP contribution in [0.4, 0.5) is 0 Å². The zero-order chi connectivity index (χ0) is 47.7. The lowest BCUT2D eigenvalue weighted by molar-refractivity contribution is -0.395. The molecule has 8 rings (SSSR count). The lowest BCUT2D eigenvalue weighted by Crippen LogP contribution is -2.68. The van der Waals surface area contributed by atoms with Gasteiger partial charge in [-0.2, -0.15) is 0 Å². The molecule has 7 fully saturated rings. The summed E-state index contributed by atoms with van der Waals surface area (Å²) in [5.41, 5.74) is 0.763. The lowest BCUT2D eigenvalue weighted by Gasteiger charge is -2.71. The predicted octanol–water partition coefficient (Wildman–Crippen LogP) is 1.73. The Labute approximate surface area is 382 Å². The van der Waals surface area contributed by atoms with Crippen LogP contribution in [0, 0.1) is 50.2 Å². The summed E-state index contributed by atoms with van der Waals surface area (Å²) in [5.74, 6) is -0.724. The molecule has 0 amide bonds. The zero-order valence-corrected chi connectivity index (χ0v) is 39.5. The van der Waals surface area contributed by atoms with E-state index in [-0.39, 0.29) is 39.1 Å². The predicted molar refractivity (Wildman–Crippen MR) is 229 cm³/mol. The highest BCUT2D eigenvalue weighted by Crippen LogP contribution is 2.76. The molecule has 0 spiro atoms. The van der Waals surface area contributed by atoms with Gasteiger partial charge in [-0.05, 0) is 110 Å². The second-order valence-electron chi connectivity index (χ2n) is 23.8. The Morgan fingerprint density at radius 3 is 1.94 bits per heavy atom. The summed E-state index contributed by atoms with van der Waals surface area (Å²) in [5, 5.41) is 108. The number of rotatable bonds is 8. The Bertz CT molecular complexity index is 1790. The van der Waals surface area contributed by atoms with Crippen molar-refractivity contribution in [1.29, 1.82) is 0 Å². The van der Waals surface area contributed by atoms with Gasteiger partial charge in [0.2, 0.25) is 0 Å². The number of hydrogen-bond acceptors (Lipinski definition) is 16. The first kappa shape index (κ1) is 50.0. The fourth-order valence-corrected chi connectivity index (χ4v) is 15.1. The van der Waals surface area contributed by atoms with Crippen molar-refractivity contribution in [1.82, 2.24) is 0 Å². The van der Waals surface area contributed by atoms with E-state index in [0.29, 0.717) is 18.3 Å². The highest BCUT2D eigenvalue weighted by Gasteiger charge is 2.69. The van der Waals surface area contributed by atoms with E-state index in [1.54, 1.807) is 5.57 Å². The number of aliphatic hydroxyl groups excluding tert-OH is 9. The summed E-state index contributed by atoms with van der Waals surface area (Å²) in [6, 6.07) is 0. The first-order valence-electron chi connectivity index (χ1n) is 24.1. The molecule has 0 aromatic carbocycles. The average Bonchev–Trinajstić information content (AvgIpc) is 3.22. The van der Waals surface area contributed by atoms with E-state index in [9.17, 15) is 55.9 Å². The van der Waals surface area contributed by atoms with Gasteiger partial charge in [-0.25, -0.2) is 4.79 Å². The quantitative estimate of drug-likeness (QED) is 0.123. The summed E-state index contributed by atoms with van der Waals surface area (Å²) < 4.78 is 36.4. The van der Waals surface area contributed by atoms with Crippen molar-refractivity contribution < 1.29 is 84.3 Å². The molecule has 8 aliphatic rings. The van der Waals surface area contributed by atoms with Crippen LogP contribution >= 0.6 is 0 Å². The van der Waals surface area contributed by atoms with Crippen LogP contribution in [-0.2, 0) is 33.2 Å². The Balaban J connectivity index is 1.06. The highest BCUT2D eigenvalue weighted by atomic mass is 16.8. The third-order valence-electron chi connectivity index (χ3n) is 19.4. The van der Waals surface area contributed by atoms with E-state index in [4.69, 9.17) is 28.4 Å². The molecule has 5 aliphatic carbocycles. The number of hydrogen-bond donors (Lipinski definition) is 10. The molecule has 4 saturated carbocycles. The van der Waals surface area contributed by atoms with Gasteiger partial charge in [-0.3, -0.25) is 0 Å². The maximum absolute atomic E-state index is 12.5. The molecule has 17 heteroatoms. The van der Waals surface area contributed by atoms with Crippen molar-refractivity contribution in [2.24, 2.45) is 50.2 Å². The van der Waals surface area contributed by atoms with Gasteiger partial charge in [0.05, 0.1) is 24.9 Å². The number of carboxylic acid groups (broad SMARTS) is 1. The van der Waals surface area contributed by atoms with Crippen molar-refractivity contribution in [3.05, 3.63) is 11.6 Å². The Morgan fingerprint density at radius 1 is 0.662 bits per heavy atom. The van der Waals surface area contributed by atoms with Crippen LogP contribution < -0.4 is 0 Å². The standard InChI is InChI=1S/C48H78O17/c1-21-29(51)31(53)35(57)40(60-21)64-37-32(54)30(52)24(20-49)61-41(37)65-38-34(56)33(55)36(39(58)59)63-42(38)62-28-13-14-46(7)25(44(28,4)5)12-15-48(9)26(46)11-10-22-23-18-43(2,3)19-27(50)45(23,6)16-17-47(22,48)8/h10,21,23-38,40-42,49-57H,11-20H2,1-9H3,(H,58,59)/t21-,23+,24+,25-,26+,27+,28-,29-,30-,31+,32-,33-,34-,35+,36-,37+,38+,40-,41-,42+,45+,46-,47+,48+/m0/s1. The molecule has 372 valence electrons. The first-order valence-corrected chi connectivity index (χ1v) is 24.1. The van der Waals surface area contributed by atoms with Crippen LogP contribution in [-0.4, -0.2) is 168 Å². The van der Waals surface area contributed by atoms with E-state index in [1.807, 2.05) is 0 Å². The molecule has 24 atom stereocenters. The van der Waals surface area contributed by atoms with Crippen LogP contribution in [0.1, 0.15) is 120 Å². The summed E-state index contributed by atoms with van der Waals surface area (Å²) >= 11 is 0. The van der Waals surface area contributed by atoms with Crippen molar-refractivity contribution in [3.8, 4) is 0 Å². The molecular formula is C48H78O17. The Kier molecular flexibility index (Phi) is 13.2. The van der Waals surface area contributed by atoms with Crippen molar-refractivity contribution in [2.45, 2.75) is 224 Å². The third kappa shape index (κ3) is 7.81. The molecule has 17 nitrogen and oxygen atoms in total. The summed E-state index contributed by atoms with van der Waals surface area (Å²) in [4.78, 5) is 12.5. The number of carboxylic acids is 1. The number of allylic oxidation sites excluding steroid dienone is 2. The molecule has 10 N–H and O–H groups in total. The van der Waals surface area contributed by atoms with Crippen LogP contribution in [0.3, 0.4) is 0 Å². The van der Waals surface area contributed by atoms with Gasteiger partial charge >= 0.3 is 5.97 Å². The number of aliphatic hydroxyl groups is 9. The number of carbonyl (C=O) groups is 1. The fourth-order valence-electron chi connectivity index (χ4n) is 15.1. The molecule has 65 heavy (non-hydrogen) atoms. The number of fused-ring (bicyclic) bond motifs is 7. The molecule has 3 saturated heterocycles. The van der Waals surface area contributed by atoms with E-state index in [1.165, 1.54) is 6.92 Å². The maximum Gasteiger partial charge on any atom is 0.335 e. The van der Waals surface area contributed by atoms with Gasteiger partial charge in [-0.1, -0.05) is 67.0 Å². The van der Waals surface area contributed by atoms with Gasteiger partial charge in [0.1, 0.15) is 61.0 Å². The number of aliphatic carboxylic acids is 1. The van der Waals surface area contributed by atoms with E-state index in [0.717, 1.165) is 51.4 Å². The van der Waals surface area contributed by atoms with Crippen LogP contribution in [0.5, 0.6) is 0 Å². The van der Waals surface area contributed by atoms with Gasteiger partial charge in [-0.15, -0.1) is 0 Å². The minimum atomic E-state index is -2.02. The third-order valence-corrected chi connectivity index (χ3v) is 19.4. The van der Waals surface area contributed by atoms with E-state index >= 15 is 0 Å². The highest BCUT2D eigenvalue weighted by molar-refractivity contribution is 5.73. The van der Waals surface area contributed by atoms with Gasteiger partial charge < -0.3 is 79.5 Å². The Morgan fingerprint density at radius 2 is 1.29 bits per heavy atom. The van der Waals surface area contributed by atoms with Crippen molar-refractivity contribution >= 4 is 5.97 Å². The first-order chi connectivity index (χ1) is 30.2. The van der Waals surface area contributed by atoms with Crippen molar-refractivity contribution in [2.75, 3.05) is 6.61 Å². The van der Waals surface area contributed by atoms with Crippen LogP contribution in [0.2, 0.25) is 0 Å². The topological polar surface area (TPSA) is 275 Å². The minimum absolute atomic E-state index is 0.00181. The minimum Gasteiger partial charge on any atom is -0.479 e. The lowest BCUT2D eigenvalue weighted by atomic mass is 9.33. The molecule has 0 aromatic heterocycles. The van der Waals surface area contributed by atoms with Gasteiger partial charge in [0, 0.05) is 5.41 Å². The normalized spacial score (nSPS) is 55.1. The van der Waals surface area contributed by atoms with Gasteiger partial charge in [0.25, 0.3) is 0 Å². The van der Waals surface area contributed by atoms with E-state index < -0.39 is 116 Å². The monoisotopic (exact) mass is 927 g/mol. The molecule has 0 aromatic rings. The largest absolute Gasteiger partial charge is 0.479 e.